The maximum Gasteiger partial charge on any atom is 0.264 e. The summed E-state index contributed by atoms with van der Waals surface area (Å²) < 4.78 is 27.9. The minimum absolute atomic E-state index is 0.173. The molecule has 0 bridgehead atoms. The van der Waals surface area contributed by atoms with E-state index in [2.05, 4.69) is 10.3 Å². The van der Waals surface area contributed by atoms with Crippen LogP contribution in [-0.4, -0.2) is 25.9 Å². The fourth-order valence-electron chi connectivity index (χ4n) is 3.43. The summed E-state index contributed by atoms with van der Waals surface area (Å²) in [4.78, 5) is 17.1. The first-order valence-electron chi connectivity index (χ1n) is 9.84. The standard InChI is InChI=1S/C22H23N3O3S2/c1-15(2)19-14-29-22(23-19)24-21(26)17-9-11-18(12-10-17)30(27,28)25-13-5-7-16-6-3-4-8-20(16)25/h3-4,6,8-12,14-15H,5,7,13H2,1-2H3,(H,23,24,26). The third kappa shape index (κ3) is 3.97. The van der Waals surface area contributed by atoms with Crippen LogP contribution in [0, 0.1) is 0 Å². The molecule has 1 aromatic heterocycles. The number of amides is 1. The molecule has 156 valence electrons. The van der Waals surface area contributed by atoms with Crippen molar-refractivity contribution >= 4 is 38.1 Å². The highest BCUT2D eigenvalue weighted by Gasteiger charge is 2.29. The molecule has 0 saturated carbocycles. The molecular weight excluding hydrogens is 418 g/mol. The van der Waals surface area contributed by atoms with E-state index < -0.39 is 10.0 Å². The van der Waals surface area contributed by atoms with Crippen LogP contribution in [-0.2, 0) is 16.4 Å². The lowest BCUT2D eigenvalue weighted by Crippen LogP contribution is -2.35. The van der Waals surface area contributed by atoms with Crippen LogP contribution in [0.2, 0.25) is 0 Å². The van der Waals surface area contributed by atoms with Crippen molar-refractivity contribution in [2.24, 2.45) is 0 Å². The Morgan fingerprint density at radius 1 is 1.13 bits per heavy atom. The van der Waals surface area contributed by atoms with Gasteiger partial charge in [0.05, 0.1) is 16.3 Å². The van der Waals surface area contributed by atoms with Crippen molar-refractivity contribution < 1.29 is 13.2 Å². The lowest BCUT2D eigenvalue weighted by molar-refractivity contribution is 0.102. The van der Waals surface area contributed by atoms with Crippen LogP contribution in [0.15, 0.2) is 58.8 Å². The zero-order valence-corrected chi connectivity index (χ0v) is 18.5. The second-order valence-electron chi connectivity index (χ2n) is 7.52. The normalized spacial score (nSPS) is 13.9. The number of carbonyl (C=O) groups is 1. The molecular formula is C22H23N3O3S2. The molecule has 1 amide bonds. The van der Waals surface area contributed by atoms with Crippen LogP contribution in [0.3, 0.4) is 0 Å². The van der Waals surface area contributed by atoms with E-state index in [-0.39, 0.29) is 16.7 Å². The van der Waals surface area contributed by atoms with E-state index in [1.807, 2.05) is 43.5 Å². The van der Waals surface area contributed by atoms with Crippen LogP contribution in [0.1, 0.15) is 47.8 Å². The van der Waals surface area contributed by atoms with E-state index in [1.54, 1.807) is 0 Å². The molecule has 0 aliphatic carbocycles. The summed E-state index contributed by atoms with van der Waals surface area (Å²) in [7, 11) is -3.69. The summed E-state index contributed by atoms with van der Waals surface area (Å²) in [5.74, 6) is -0.0248. The van der Waals surface area contributed by atoms with Crippen molar-refractivity contribution in [3.63, 3.8) is 0 Å². The third-order valence-electron chi connectivity index (χ3n) is 5.11. The maximum atomic E-state index is 13.2. The number of para-hydroxylation sites is 1. The van der Waals surface area contributed by atoms with Crippen molar-refractivity contribution in [1.29, 1.82) is 0 Å². The molecule has 8 heteroatoms. The Morgan fingerprint density at radius 2 is 1.87 bits per heavy atom. The predicted molar refractivity (Wildman–Crippen MR) is 120 cm³/mol. The van der Waals surface area contributed by atoms with Crippen molar-refractivity contribution in [1.82, 2.24) is 4.98 Å². The van der Waals surface area contributed by atoms with E-state index in [0.29, 0.717) is 17.2 Å². The Kier molecular flexibility index (Phi) is 5.62. The monoisotopic (exact) mass is 441 g/mol. The molecule has 0 atom stereocenters. The van der Waals surface area contributed by atoms with Gasteiger partial charge in [0.15, 0.2) is 5.13 Å². The van der Waals surface area contributed by atoms with Crippen LogP contribution in [0.4, 0.5) is 10.8 Å². The Balaban J connectivity index is 1.53. The second-order valence-corrected chi connectivity index (χ2v) is 10.2. The van der Waals surface area contributed by atoms with Gasteiger partial charge in [-0.05, 0) is 54.7 Å². The van der Waals surface area contributed by atoms with Gasteiger partial charge in [-0.15, -0.1) is 11.3 Å². The van der Waals surface area contributed by atoms with E-state index in [1.165, 1.54) is 39.9 Å². The summed E-state index contributed by atoms with van der Waals surface area (Å²) in [5, 5.41) is 5.23. The number of fused-ring (bicyclic) bond motifs is 1. The molecule has 0 saturated heterocycles. The first-order chi connectivity index (χ1) is 14.4. The number of nitrogens with one attached hydrogen (secondary N) is 1. The number of nitrogens with zero attached hydrogens (tertiary/aromatic N) is 2. The van der Waals surface area contributed by atoms with Crippen LogP contribution < -0.4 is 9.62 Å². The molecule has 3 aromatic rings. The van der Waals surface area contributed by atoms with Gasteiger partial charge in [-0.3, -0.25) is 14.4 Å². The number of anilines is 2. The summed E-state index contributed by atoms with van der Waals surface area (Å²) in [6, 6.07) is 13.6. The molecule has 0 spiro atoms. The summed E-state index contributed by atoms with van der Waals surface area (Å²) in [5.41, 5.74) is 3.08. The van der Waals surface area contributed by atoms with Gasteiger partial charge in [0.25, 0.3) is 15.9 Å². The molecule has 4 rings (SSSR count). The largest absolute Gasteiger partial charge is 0.298 e. The highest BCUT2D eigenvalue weighted by atomic mass is 32.2. The smallest absolute Gasteiger partial charge is 0.264 e. The van der Waals surface area contributed by atoms with E-state index >= 15 is 0 Å². The van der Waals surface area contributed by atoms with Crippen molar-refractivity contribution in [2.45, 2.75) is 37.5 Å². The zero-order chi connectivity index (χ0) is 21.3. The van der Waals surface area contributed by atoms with Gasteiger partial charge in [0, 0.05) is 17.5 Å². The number of rotatable bonds is 5. The first kappa shape index (κ1) is 20.6. The summed E-state index contributed by atoms with van der Waals surface area (Å²) >= 11 is 1.37. The average molecular weight is 442 g/mol. The van der Waals surface area contributed by atoms with Gasteiger partial charge in [0.2, 0.25) is 0 Å². The quantitative estimate of drug-likeness (QED) is 0.624. The molecule has 0 unspecified atom stereocenters. The first-order valence-corrected chi connectivity index (χ1v) is 12.2. The number of thiazole rings is 1. The minimum atomic E-state index is -3.69. The second kappa shape index (κ2) is 8.20. The number of benzene rings is 2. The molecule has 0 radical (unpaired) electrons. The minimum Gasteiger partial charge on any atom is -0.298 e. The third-order valence-corrected chi connectivity index (χ3v) is 7.71. The van der Waals surface area contributed by atoms with Gasteiger partial charge >= 0.3 is 0 Å². The van der Waals surface area contributed by atoms with Gasteiger partial charge in [0.1, 0.15) is 0 Å². The SMILES string of the molecule is CC(C)c1csc(NC(=O)c2ccc(S(=O)(=O)N3CCCc4ccccc43)cc2)n1. The molecule has 2 aromatic carbocycles. The van der Waals surface area contributed by atoms with Gasteiger partial charge in [-0.25, -0.2) is 13.4 Å². The number of hydrogen-bond donors (Lipinski definition) is 1. The molecule has 1 aliphatic rings. The fourth-order valence-corrected chi connectivity index (χ4v) is 5.84. The van der Waals surface area contributed by atoms with E-state index in [9.17, 15) is 13.2 Å². The van der Waals surface area contributed by atoms with Crippen molar-refractivity contribution in [2.75, 3.05) is 16.2 Å². The Labute approximate surface area is 180 Å². The molecule has 0 fully saturated rings. The zero-order valence-electron chi connectivity index (χ0n) is 16.8. The highest BCUT2D eigenvalue weighted by Crippen LogP contribution is 2.32. The predicted octanol–water partition coefficient (Wildman–Crippen LogP) is 4.66. The molecule has 6 nitrogen and oxygen atoms in total. The summed E-state index contributed by atoms with van der Waals surface area (Å²) in [6.45, 7) is 4.53. The highest BCUT2D eigenvalue weighted by molar-refractivity contribution is 7.92. The number of hydrogen-bond acceptors (Lipinski definition) is 5. The van der Waals surface area contributed by atoms with Gasteiger partial charge in [-0.1, -0.05) is 32.0 Å². The molecule has 1 aliphatic heterocycles. The molecule has 30 heavy (non-hydrogen) atoms. The number of aryl methyl sites for hydroxylation is 1. The average Bonchev–Trinajstić information content (AvgIpc) is 3.22. The molecule has 1 N–H and O–H groups in total. The topological polar surface area (TPSA) is 79.4 Å². The van der Waals surface area contributed by atoms with Crippen molar-refractivity contribution in [3.8, 4) is 0 Å². The van der Waals surface area contributed by atoms with Crippen molar-refractivity contribution in [3.05, 3.63) is 70.7 Å². The number of carbonyl (C=O) groups excluding carboxylic acids is 1. The number of aromatic nitrogens is 1. The summed E-state index contributed by atoms with van der Waals surface area (Å²) in [6.07, 6.45) is 1.65. The fraction of sp³-hybridized carbons (Fsp3) is 0.273. The van der Waals surface area contributed by atoms with Gasteiger partial charge in [-0.2, -0.15) is 0 Å². The van der Waals surface area contributed by atoms with E-state index in [0.717, 1.165) is 29.8 Å². The van der Waals surface area contributed by atoms with Crippen LogP contribution in [0.25, 0.3) is 0 Å². The van der Waals surface area contributed by atoms with E-state index in [4.69, 9.17) is 0 Å². The maximum absolute atomic E-state index is 13.2. The lowest BCUT2D eigenvalue weighted by atomic mass is 10.0. The van der Waals surface area contributed by atoms with Crippen LogP contribution in [0.5, 0.6) is 0 Å². The van der Waals surface area contributed by atoms with Crippen LogP contribution >= 0.6 is 11.3 Å². The Hall–Kier alpha value is -2.71. The Morgan fingerprint density at radius 3 is 2.57 bits per heavy atom. The molecule has 2 heterocycles. The van der Waals surface area contributed by atoms with Gasteiger partial charge < -0.3 is 0 Å². The Bertz CT molecular complexity index is 1170. The number of sulfonamides is 1. The lowest BCUT2D eigenvalue weighted by Gasteiger charge is -2.30.